The molecule has 2 N–H and O–H groups in total. The van der Waals surface area contributed by atoms with E-state index >= 15 is 0 Å². The number of nitrogens with two attached hydrogens (primary N) is 1. The Balaban J connectivity index is 1.77. The number of nitrogens with zero attached hydrogens (tertiary/aromatic N) is 1. The molecule has 0 saturated carbocycles. The summed E-state index contributed by atoms with van der Waals surface area (Å²) in [4.78, 5) is 26.0. The maximum absolute atomic E-state index is 13.0. The first-order chi connectivity index (χ1) is 13.1. The number of hydrogen-bond acceptors (Lipinski definition) is 2. The summed E-state index contributed by atoms with van der Waals surface area (Å²) in [5.41, 5.74) is 8.84. The maximum atomic E-state index is 13.0. The van der Waals surface area contributed by atoms with Crippen molar-refractivity contribution in [3.63, 3.8) is 0 Å². The first-order valence-corrected chi connectivity index (χ1v) is 9.54. The minimum absolute atomic E-state index is 0.0771. The molecule has 0 spiro atoms. The van der Waals surface area contributed by atoms with Crippen molar-refractivity contribution in [1.29, 1.82) is 0 Å². The van der Waals surface area contributed by atoms with Crippen LogP contribution in [0.4, 0.5) is 0 Å². The highest BCUT2D eigenvalue weighted by molar-refractivity contribution is 5.96. The summed E-state index contributed by atoms with van der Waals surface area (Å²) in [7, 11) is 0. The van der Waals surface area contributed by atoms with E-state index < -0.39 is 0 Å². The second-order valence-electron chi connectivity index (χ2n) is 7.02. The number of primary amides is 1. The van der Waals surface area contributed by atoms with Crippen LogP contribution in [-0.2, 0) is 11.2 Å². The average Bonchev–Trinajstić information content (AvgIpc) is 3.14. The number of carbonyl (C=O) groups is 2. The normalized spacial score (nSPS) is 15.9. The van der Waals surface area contributed by atoms with Crippen LogP contribution in [0.25, 0.3) is 11.1 Å². The second-order valence-corrected chi connectivity index (χ2v) is 7.02. The summed E-state index contributed by atoms with van der Waals surface area (Å²) >= 11 is 0. The molecule has 4 nitrogen and oxygen atoms in total. The van der Waals surface area contributed by atoms with Crippen LogP contribution in [-0.4, -0.2) is 29.3 Å². The molecule has 3 rings (SSSR count). The highest BCUT2D eigenvalue weighted by Gasteiger charge is 2.25. The molecule has 2 aromatic rings. The number of rotatable bonds is 7. The SMILES string of the molecule is CCCCC1C=CCN1C(=O)c1cccc(-c2ccc(CC(N)=O)cc2)c1. The van der Waals surface area contributed by atoms with Gasteiger partial charge >= 0.3 is 0 Å². The summed E-state index contributed by atoms with van der Waals surface area (Å²) in [6.45, 7) is 2.85. The van der Waals surface area contributed by atoms with Gasteiger partial charge in [0.2, 0.25) is 5.91 Å². The molecule has 0 saturated heterocycles. The molecule has 0 aliphatic carbocycles. The number of amides is 2. The molecule has 4 heteroatoms. The number of hydrogen-bond donors (Lipinski definition) is 1. The molecule has 1 aliphatic heterocycles. The van der Waals surface area contributed by atoms with Gasteiger partial charge in [-0.05, 0) is 35.2 Å². The average molecular weight is 362 g/mol. The monoisotopic (exact) mass is 362 g/mol. The predicted molar refractivity (Wildman–Crippen MR) is 108 cm³/mol. The fourth-order valence-corrected chi connectivity index (χ4v) is 3.48. The zero-order valence-corrected chi connectivity index (χ0v) is 15.7. The molecule has 0 radical (unpaired) electrons. The van der Waals surface area contributed by atoms with E-state index in [1.807, 2.05) is 53.4 Å². The molecule has 140 valence electrons. The molecule has 2 amide bonds. The zero-order chi connectivity index (χ0) is 19.2. The van der Waals surface area contributed by atoms with Gasteiger partial charge in [-0.1, -0.05) is 68.3 Å². The summed E-state index contributed by atoms with van der Waals surface area (Å²) in [5.74, 6) is -0.263. The minimum Gasteiger partial charge on any atom is -0.369 e. The molecular formula is C23H26N2O2. The van der Waals surface area contributed by atoms with E-state index in [1.165, 1.54) is 0 Å². The molecular weight excluding hydrogens is 336 g/mol. The Bertz CT molecular complexity index is 840. The van der Waals surface area contributed by atoms with Gasteiger partial charge in [0.25, 0.3) is 5.91 Å². The summed E-state index contributed by atoms with van der Waals surface area (Å²) < 4.78 is 0. The lowest BCUT2D eigenvalue weighted by atomic mass is 10.00. The van der Waals surface area contributed by atoms with Crippen molar-refractivity contribution in [2.24, 2.45) is 5.73 Å². The Morgan fingerprint density at radius 1 is 1.11 bits per heavy atom. The highest BCUT2D eigenvalue weighted by atomic mass is 16.2. The van der Waals surface area contributed by atoms with Crippen molar-refractivity contribution in [3.8, 4) is 11.1 Å². The Labute approximate surface area is 160 Å². The van der Waals surface area contributed by atoms with Gasteiger partial charge in [-0.15, -0.1) is 0 Å². The minimum atomic E-state index is -0.341. The first-order valence-electron chi connectivity index (χ1n) is 9.54. The second kappa shape index (κ2) is 8.67. The Kier molecular flexibility index (Phi) is 6.07. The lowest BCUT2D eigenvalue weighted by molar-refractivity contribution is -0.117. The van der Waals surface area contributed by atoms with E-state index in [0.29, 0.717) is 12.1 Å². The van der Waals surface area contributed by atoms with E-state index in [0.717, 1.165) is 36.0 Å². The number of benzene rings is 2. The van der Waals surface area contributed by atoms with Gasteiger partial charge < -0.3 is 10.6 Å². The van der Waals surface area contributed by atoms with Crippen molar-refractivity contribution in [2.45, 2.75) is 38.6 Å². The summed E-state index contributed by atoms with van der Waals surface area (Å²) in [5, 5.41) is 0. The van der Waals surface area contributed by atoms with Gasteiger partial charge in [-0.25, -0.2) is 0 Å². The first kappa shape index (κ1) is 18.9. The van der Waals surface area contributed by atoms with Gasteiger partial charge in [0.1, 0.15) is 0 Å². The fraction of sp³-hybridized carbons (Fsp3) is 0.304. The lowest BCUT2D eigenvalue weighted by Crippen LogP contribution is -2.36. The summed E-state index contributed by atoms with van der Waals surface area (Å²) in [6.07, 6.45) is 7.73. The molecule has 2 aromatic carbocycles. The molecule has 0 fully saturated rings. The molecule has 1 heterocycles. The van der Waals surface area contributed by atoms with E-state index in [4.69, 9.17) is 5.73 Å². The van der Waals surface area contributed by atoms with Crippen LogP contribution in [0.5, 0.6) is 0 Å². The number of carbonyl (C=O) groups excluding carboxylic acids is 2. The molecule has 0 bridgehead atoms. The largest absolute Gasteiger partial charge is 0.369 e. The third-order valence-corrected chi connectivity index (χ3v) is 4.95. The molecule has 1 unspecified atom stereocenters. The van der Waals surface area contributed by atoms with Gasteiger partial charge in [-0.2, -0.15) is 0 Å². The van der Waals surface area contributed by atoms with Crippen molar-refractivity contribution >= 4 is 11.8 Å². The van der Waals surface area contributed by atoms with Gasteiger partial charge in [0.15, 0.2) is 0 Å². The van der Waals surface area contributed by atoms with Crippen LogP contribution >= 0.6 is 0 Å². The quantitative estimate of drug-likeness (QED) is 0.758. The third-order valence-electron chi connectivity index (χ3n) is 4.95. The van der Waals surface area contributed by atoms with Gasteiger partial charge in [-0.3, -0.25) is 9.59 Å². The molecule has 1 atom stereocenters. The van der Waals surface area contributed by atoms with Crippen LogP contribution in [0, 0.1) is 0 Å². The van der Waals surface area contributed by atoms with E-state index in [1.54, 1.807) is 0 Å². The number of unbranched alkanes of at least 4 members (excludes halogenated alkanes) is 1. The fourth-order valence-electron chi connectivity index (χ4n) is 3.48. The molecule has 0 aromatic heterocycles. The van der Waals surface area contributed by atoms with E-state index in [9.17, 15) is 9.59 Å². The maximum Gasteiger partial charge on any atom is 0.254 e. The van der Waals surface area contributed by atoms with E-state index in [-0.39, 0.29) is 24.3 Å². The highest BCUT2D eigenvalue weighted by Crippen LogP contribution is 2.24. The Hall–Kier alpha value is -2.88. The third kappa shape index (κ3) is 4.64. The molecule has 1 aliphatic rings. The zero-order valence-electron chi connectivity index (χ0n) is 15.7. The van der Waals surface area contributed by atoms with Crippen LogP contribution in [0.1, 0.15) is 42.1 Å². The standard InChI is InChI=1S/C23H26N2O2/c1-2-3-8-21-9-5-14-25(21)23(27)20-7-4-6-19(16-20)18-12-10-17(11-13-18)15-22(24)26/h4-7,9-13,16,21H,2-3,8,14-15H2,1H3,(H2,24,26). The predicted octanol–water partition coefficient (Wildman–Crippen LogP) is 3.95. The smallest absolute Gasteiger partial charge is 0.254 e. The van der Waals surface area contributed by atoms with Crippen LogP contribution < -0.4 is 5.73 Å². The van der Waals surface area contributed by atoms with Crippen molar-refractivity contribution in [2.75, 3.05) is 6.54 Å². The topological polar surface area (TPSA) is 63.4 Å². The van der Waals surface area contributed by atoms with Gasteiger partial charge in [0.05, 0.1) is 12.5 Å². The lowest BCUT2D eigenvalue weighted by Gasteiger charge is -2.25. The van der Waals surface area contributed by atoms with Crippen LogP contribution in [0.15, 0.2) is 60.7 Å². The van der Waals surface area contributed by atoms with Crippen molar-refractivity contribution < 1.29 is 9.59 Å². The Morgan fingerprint density at radius 2 is 1.89 bits per heavy atom. The van der Waals surface area contributed by atoms with Crippen LogP contribution in [0.3, 0.4) is 0 Å². The van der Waals surface area contributed by atoms with E-state index in [2.05, 4.69) is 19.1 Å². The Morgan fingerprint density at radius 3 is 2.59 bits per heavy atom. The van der Waals surface area contributed by atoms with Crippen LogP contribution in [0.2, 0.25) is 0 Å². The summed E-state index contributed by atoms with van der Waals surface area (Å²) in [6, 6.07) is 15.7. The van der Waals surface area contributed by atoms with Crippen molar-refractivity contribution in [3.05, 3.63) is 71.8 Å². The molecule has 27 heavy (non-hydrogen) atoms. The van der Waals surface area contributed by atoms with Gasteiger partial charge in [0, 0.05) is 12.1 Å². The van der Waals surface area contributed by atoms with Crippen molar-refractivity contribution in [1.82, 2.24) is 4.90 Å².